The summed E-state index contributed by atoms with van der Waals surface area (Å²) < 4.78 is 5.18. The van der Waals surface area contributed by atoms with Crippen LogP contribution in [0.2, 0.25) is 0 Å². The van der Waals surface area contributed by atoms with E-state index in [1.54, 1.807) is 0 Å². The van der Waals surface area contributed by atoms with Crippen LogP contribution in [0.25, 0.3) is 0 Å². The second-order valence-electron chi connectivity index (χ2n) is 10.2. The van der Waals surface area contributed by atoms with Gasteiger partial charge >= 0.3 is 0 Å². The standard InChI is InChI=1S/2C7H14.C6H12O.C6H12.CH4/c2*1-7-5-3-2-4-6-7;1-6-3-2-4-7-5-6;1-6-4-2-3-5-6;/h2*7H,2-6H2,1H3;6H,2-5H2,1H3;6H,2-5H2,1H3;1H4/t;;6-;;/m..0../s1. The Labute approximate surface area is 179 Å². The van der Waals surface area contributed by atoms with Gasteiger partial charge in [0.05, 0.1) is 0 Å². The van der Waals surface area contributed by atoms with Crippen LogP contribution < -0.4 is 0 Å². The Kier molecular flexibility index (Phi) is 18.9. The Bertz CT molecular complexity index is 251. The molecule has 4 fully saturated rings. The third-order valence-corrected chi connectivity index (χ3v) is 6.82. The van der Waals surface area contributed by atoms with E-state index in [4.69, 9.17) is 4.74 Å². The molecule has 28 heavy (non-hydrogen) atoms. The van der Waals surface area contributed by atoms with Gasteiger partial charge in [0.25, 0.3) is 0 Å². The molecule has 0 bridgehead atoms. The van der Waals surface area contributed by atoms with Crippen LogP contribution in [0.4, 0.5) is 0 Å². The van der Waals surface area contributed by atoms with Crippen molar-refractivity contribution in [3.63, 3.8) is 0 Å². The lowest BCUT2D eigenvalue weighted by atomic mass is 9.91. The Morgan fingerprint density at radius 2 is 0.750 bits per heavy atom. The van der Waals surface area contributed by atoms with Crippen molar-refractivity contribution < 1.29 is 4.74 Å². The van der Waals surface area contributed by atoms with E-state index < -0.39 is 0 Å². The summed E-state index contributed by atoms with van der Waals surface area (Å²) in [5, 5.41) is 0. The zero-order valence-corrected chi connectivity index (χ0v) is 19.4. The molecular formula is C27H56O. The molecule has 0 aromatic carbocycles. The zero-order chi connectivity index (χ0) is 19.7. The highest BCUT2D eigenvalue weighted by molar-refractivity contribution is 4.61. The molecule has 170 valence electrons. The minimum absolute atomic E-state index is 0. The van der Waals surface area contributed by atoms with Crippen LogP contribution in [-0.2, 0) is 4.74 Å². The number of rotatable bonds is 0. The Balaban J connectivity index is 0.000000344. The van der Waals surface area contributed by atoms with Crippen molar-refractivity contribution in [2.24, 2.45) is 23.7 Å². The average molecular weight is 397 g/mol. The molecule has 1 heterocycles. The Hall–Kier alpha value is -0.0400. The van der Waals surface area contributed by atoms with Crippen molar-refractivity contribution in [3.05, 3.63) is 0 Å². The molecule has 3 aliphatic carbocycles. The van der Waals surface area contributed by atoms with Crippen molar-refractivity contribution in [2.75, 3.05) is 13.2 Å². The summed E-state index contributed by atoms with van der Waals surface area (Å²) in [5.41, 5.74) is 0. The van der Waals surface area contributed by atoms with Gasteiger partial charge in [-0.2, -0.15) is 0 Å². The Morgan fingerprint density at radius 3 is 0.893 bits per heavy atom. The average Bonchev–Trinajstić information content (AvgIpc) is 3.16. The van der Waals surface area contributed by atoms with Gasteiger partial charge < -0.3 is 4.74 Å². The van der Waals surface area contributed by atoms with Crippen molar-refractivity contribution in [2.45, 2.75) is 138 Å². The molecule has 0 unspecified atom stereocenters. The highest BCUT2D eigenvalue weighted by Gasteiger charge is 2.08. The van der Waals surface area contributed by atoms with Crippen molar-refractivity contribution >= 4 is 0 Å². The van der Waals surface area contributed by atoms with E-state index >= 15 is 0 Å². The maximum atomic E-state index is 5.18. The fourth-order valence-corrected chi connectivity index (χ4v) is 4.65. The molecule has 0 spiro atoms. The summed E-state index contributed by atoms with van der Waals surface area (Å²) in [7, 11) is 0. The van der Waals surface area contributed by atoms with E-state index in [0.717, 1.165) is 36.9 Å². The van der Waals surface area contributed by atoms with E-state index in [9.17, 15) is 0 Å². The fourth-order valence-electron chi connectivity index (χ4n) is 4.65. The van der Waals surface area contributed by atoms with Crippen LogP contribution in [0.5, 0.6) is 0 Å². The summed E-state index contributed by atoms with van der Waals surface area (Å²) in [4.78, 5) is 0. The summed E-state index contributed by atoms with van der Waals surface area (Å²) in [6.07, 6.45) is 23.4. The molecular weight excluding hydrogens is 340 g/mol. The summed E-state index contributed by atoms with van der Waals surface area (Å²) in [6, 6.07) is 0. The molecule has 1 atom stereocenters. The van der Waals surface area contributed by atoms with Gasteiger partial charge in [-0.05, 0) is 36.5 Å². The highest BCUT2D eigenvalue weighted by Crippen LogP contribution is 2.23. The monoisotopic (exact) mass is 396 g/mol. The number of hydrogen-bond donors (Lipinski definition) is 0. The molecule has 0 amide bonds. The second kappa shape index (κ2) is 19.0. The first-order chi connectivity index (χ1) is 13.1. The highest BCUT2D eigenvalue weighted by atomic mass is 16.5. The van der Waals surface area contributed by atoms with E-state index in [-0.39, 0.29) is 7.43 Å². The second-order valence-corrected chi connectivity index (χ2v) is 10.2. The van der Waals surface area contributed by atoms with Gasteiger partial charge in [-0.15, -0.1) is 0 Å². The number of hydrogen-bond acceptors (Lipinski definition) is 1. The van der Waals surface area contributed by atoms with E-state index in [1.807, 2.05) is 0 Å². The molecule has 0 N–H and O–H groups in total. The molecule has 1 aliphatic heterocycles. The minimum atomic E-state index is 0. The molecule has 1 nitrogen and oxygen atoms in total. The van der Waals surface area contributed by atoms with Crippen molar-refractivity contribution in [3.8, 4) is 0 Å². The largest absolute Gasteiger partial charge is 0.381 e. The molecule has 4 aliphatic rings. The summed E-state index contributed by atoms with van der Waals surface area (Å²) >= 11 is 0. The third-order valence-electron chi connectivity index (χ3n) is 6.82. The summed E-state index contributed by atoms with van der Waals surface area (Å²) in [6.45, 7) is 11.3. The lowest BCUT2D eigenvalue weighted by Crippen LogP contribution is -2.13. The first-order valence-corrected chi connectivity index (χ1v) is 12.7. The van der Waals surface area contributed by atoms with Crippen LogP contribution in [0.1, 0.15) is 138 Å². The third kappa shape index (κ3) is 16.9. The first kappa shape index (κ1) is 28.0. The predicted molar refractivity (Wildman–Crippen MR) is 128 cm³/mol. The Morgan fingerprint density at radius 1 is 0.429 bits per heavy atom. The van der Waals surface area contributed by atoms with E-state index in [1.165, 1.54) is 103 Å². The quantitative estimate of drug-likeness (QED) is 0.396. The van der Waals surface area contributed by atoms with Gasteiger partial charge in [-0.1, -0.05) is 125 Å². The van der Waals surface area contributed by atoms with Crippen LogP contribution in [0.3, 0.4) is 0 Å². The van der Waals surface area contributed by atoms with Gasteiger partial charge in [0.1, 0.15) is 0 Å². The minimum Gasteiger partial charge on any atom is -0.381 e. The molecule has 1 heteroatoms. The molecule has 3 saturated carbocycles. The van der Waals surface area contributed by atoms with Crippen LogP contribution in [0, 0.1) is 23.7 Å². The lowest BCUT2D eigenvalue weighted by molar-refractivity contribution is 0.0616. The number of ether oxygens (including phenoxy) is 1. The van der Waals surface area contributed by atoms with Gasteiger partial charge in [0, 0.05) is 13.2 Å². The smallest absolute Gasteiger partial charge is 0.0491 e. The van der Waals surface area contributed by atoms with Crippen LogP contribution in [0.15, 0.2) is 0 Å². The van der Waals surface area contributed by atoms with Crippen molar-refractivity contribution in [1.82, 2.24) is 0 Å². The molecule has 0 aromatic rings. The summed E-state index contributed by atoms with van der Waals surface area (Å²) in [5.74, 6) is 3.93. The molecule has 4 rings (SSSR count). The van der Waals surface area contributed by atoms with E-state index in [2.05, 4.69) is 27.7 Å². The lowest BCUT2D eigenvalue weighted by Gasteiger charge is -2.16. The van der Waals surface area contributed by atoms with Gasteiger partial charge in [0.15, 0.2) is 0 Å². The SMILES string of the molecule is C.CC1CCCC1.CC1CCCCC1.CC1CCCCC1.C[C@H]1CCCOC1. The fraction of sp³-hybridized carbons (Fsp3) is 1.00. The predicted octanol–water partition coefficient (Wildman–Crippen LogP) is 9.44. The first-order valence-electron chi connectivity index (χ1n) is 12.7. The van der Waals surface area contributed by atoms with Crippen LogP contribution >= 0.6 is 0 Å². The topological polar surface area (TPSA) is 9.23 Å². The normalized spacial score (nSPS) is 26.4. The van der Waals surface area contributed by atoms with Crippen LogP contribution in [-0.4, -0.2) is 13.2 Å². The van der Waals surface area contributed by atoms with Gasteiger partial charge in [0.2, 0.25) is 0 Å². The van der Waals surface area contributed by atoms with Gasteiger partial charge in [-0.3, -0.25) is 0 Å². The molecule has 0 radical (unpaired) electrons. The van der Waals surface area contributed by atoms with Gasteiger partial charge in [-0.25, -0.2) is 0 Å². The zero-order valence-electron chi connectivity index (χ0n) is 19.4. The molecule has 1 saturated heterocycles. The maximum Gasteiger partial charge on any atom is 0.0491 e. The van der Waals surface area contributed by atoms with E-state index in [0.29, 0.717) is 0 Å². The van der Waals surface area contributed by atoms with Crippen molar-refractivity contribution in [1.29, 1.82) is 0 Å². The molecule has 0 aromatic heterocycles. The maximum absolute atomic E-state index is 5.18.